The molecule has 0 unspecified atom stereocenters. The van der Waals surface area contributed by atoms with E-state index in [0.717, 1.165) is 12.0 Å². The van der Waals surface area contributed by atoms with E-state index in [2.05, 4.69) is 4.98 Å². The van der Waals surface area contributed by atoms with Gasteiger partial charge < -0.3 is 24.2 Å². The normalized spacial score (nSPS) is 24.5. The molecule has 0 bridgehead atoms. The fourth-order valence-corrected chi connectivity index (χ4v) is 6.29. The van der Waals surface area contributed by atoms with Crippen molar-refractivity contribution in [3.63, 3.8) is 0 Å². The molecule has 0 aromatic carbocycles. The van der Waals surface area contributed by atoms with Crippen LogP contribution in [-0.2, 0) is 30.4 Å². The third-order valence-electron chi connectivity index (χ3n) is 8.72. The molecule has 0 N–H and O–H groups in total. The average Bonchev–Trinajstić information content (AvgIpc) is 3.20. The minimum absolute atomic E-state index is 0.00494. The molecule has 246 valence electrons. The predicted octanol–water partition coefficient (Wildman–Crippen LogP) is 4.54. The molecule has 12 heteroatoms. The Bertz CT molecular complexity index is 1240. The zero-order valence-electron chi connectivity index (χ0n) is 27.5. The number of aromatic nitrogens is 1. The Hall–Kier alpha value is -2.86. The number of alkyl halides is 2. The summed E-state index contributed by atoms with van der Waals surface area (Å²) in [6.45, 7) is 16.7. The van der Waals surface area contributed by atoms with E-state index in [-0.39, 0.29) is 61.8 Å². The van der Waals surface area contributed by atoms with Crippen LogP contribution in [0.1, 0.15) is 85.9 Å². The smallest absolute Gasteiger partial charge is 0.410 e. The highest BCUT2D eigenvalue weighted by atomic mass is 19.3. The number of carbonyl (C=O) groups excluding carboxylic acids is 3. The second-order valence-electron chi connectivity index (χ2n) is 14.1. The van der Waals surface area contributed by atoms with Gasteiger partial charge >= 0.3 is 6.09 Å². The Balaban J connectivity index is 1.60. The lowest BCUT2D eigenvalue weighted by molar-refractivity contribution is -0.150. The summed E-state index contributed by atoms with van der Waals surface area (Å²) >= 11 is 0. The monoisotopic (exact) mass is 621 g/mol. The largest absolute Gasteiger partial charge is 0.444 e. The molecular formula is C32H49F2N5O5. The number of fused-ring (bicyclic) bond motifs is 1. The lowest BCUT2D eigenvalue weighted by Gasteiger charge is -2.47. The van der Waals surface area contributed by atoms with Crippen molar-refractivity contribution in [3.8, 4) is 0 Å². The molecule has 1 aromatic heterocycles. The Morgan fingerprint density at radius 3 is 2.50 bits per heavy atom. The molecule has 2 saturated heterocycles. The summed E-state index contributed by atoms with van der Waals surface area (Å²) in [5.41, 5.74) is -0.250. The first kappa shape index (κ1) is 34.0. The Morgan fingerprint density at radius 1 is 1.16 bits per heavy atom. The molecule has 3 aliphatic rings. The number of hydrogen-bond donors (Lipinski definition) is 0. The van der Waals surface area contributed by atoms with Crippen molar-refractivity contribution >= 4 is 23.6 Å². The van der Waals surface area contributed by atoms with Crippen LogP contribution in [0.4, 0.5) is 19.3 Å². The highest BCUT2D eigenvalue weighted by Crippen LogP contribution is 2.43. The molecule has 3 aliphatic heterocycles. The number of anilines is 1. The van der Waals surface area contributed by atoms with Crippen molar-refractivity contribution in [1.82, 2.24) is 19.7 Å². The van der Waals surface area contributed by atoms with Crippen LogP contribution >= 0.6 is 0 Å². The van der Waals surface area contributed by atoms with E-state index in [1.54, 1.807) is 21.6 Å². The van der Waals surface area contributed by atoms with Gasteiger partial charge in [0, 0.05) is 68.4 Å². The van der Waals surface area contributed by atoms with Crippen molar-refractivity contribution in [1.29, 1.82) is 0 Å². The van der Waals surface area contributed by atoms with Crippen molar-refractivity contribution in [2.24, 2.45) is 0 Å². The molecule has 0 radical (unpaired) electrons. The Morgan fingerprint density at radius 2 is 1.86 bits per heavy atom. The number of amides is 3. The Kier molecular flexibility index (Phi) is 9.95. The van der Waals surface area contributed by atoms with Gasteiger partial charge in [-0.3, -0.25) is 19.5 Å². The lowest BCUT2D eigenvalue weighted by Crippen LogP contribution is -2.64. The minimum Gasteiger partial charge on any atom is -0.444 e. The van der Waals surface area contributed by atoms with Crippen molar-refractivity contribution in [2.45, 2.75) is 110 Å². The Labute approximate surface area is 260 Å². The number of piperazine rings is 1. The lowest BCUT2D eigenvalue weighted by atomic mass is 9.88. The molecule has 44 heavy (non-hydrogen) atoms. The maximum atomic E-state index is 14.9. The van der Waals surface area contributed by atoms with Crippen molar-refractivity contribution in [2.75, 3.05) is 50.8 Å². The average molecular weight is 622 g/mol. The van der Waals surface area contributed by atoms with E-state index in [4.69, 9.17) is 9.47 Å². The SMILES string of the molecule is CCCC(F)(F)c1cc2c(cn1)C(C)(C)CN2C(=O)CN1C[C@@H](C)N(C(=O)OC(C)(C)C)C[C@@H]1CN1C[C@H](CC)OCC1=O. The third-order valence-corrected chi connectivity index (χ3v) is 8.72. The molecule has 1 aromatic rings. The molecule has 4 heterocycles. The molecule has 0 aliphatic carbocycles. The molecule has 3 atom stereocenters. The van der Waals surface area contributed by atoms with E-state index in [1.807, 2.05) is 53.4 Å². The summed E-state index contributed by atoms with van der Waals surface area (Å²) in [4.78, 5) is 51.2. The van der Waals surface area contributed by atoms with Gasteiger partial charge in [-0.05, 0) is 40.2 Å². The number of hydrogen-bond acceptors (Lipinski definition) is 7. The molecule has 3 amide bonds. The maximum Gasteiger partial charge on any atom is 0.410 e. The van der Waals surface area contributed by atoms with E-state index in [1.165, 1.54) is 12.3 Å². The number of ether oxygens (including phenoxy) is 2. The van der Waals surface area contributed by atoms with Gasteiger partial charge in [0.05, 0.1) is 18.3 Å². The van der Waals surface area contributed by atoms with E-state index < -0.39 is 23.0 Å². The fourth-order valence-electron chi connectivity index (χ4n) is 6.29. The summed E-state index contributed by atoms with van der Waals surface area (Å²) in [6.07, 6.45) is 1.71. The van der Waals surface area contributed by atoms with Crippen LogP contribution < -0.4 is 4.90 Å². The highest BCUT2D eigenvalue weighted by molar-refractivity contribution is 5.97. The van der Waals surface area contributed by atoms with E-state index in [9.17, 15) is 23.2 Å². The van der Waals surface area contributed by atoms with Gasteiger partial charge in [-0.2, -0.15) is 8.78 Å². The van der Waals surface area contributed by atoms with Crippen molar-refractivity contribution in [3.05, 3.63) is 23.5 Å². The number of carbonyl (C=O) groups is 3. The summed E-state index contributed by atoms with van der Waals surface area (Å²) in [5, 5.41) is 0. The van der Waals surface area contributed by atoms with Gasteiger partial charge in [0.1, 0.15) is 17.9 Å². The molecule has 10 nitrogen and oxygen atoms in total. The van der Waals surface area contributed by atoms with Gasteiger partial charge in [0.2, 0.25) is 11.8 Å². The first-order valence-electron chi connectivity index (χ1n) is 15.8. The number of pyridine rings is 1. The number of nitrogens with zero attached hydrogens (tertiary/aromatic N) is 5. The van der Waals surface area contributed by atoms with Crippen LogP contribution in [-0.4, -0.2) is 107 Å². The maximum absolute atomic E-state index is 14.9. The summed E-state index contributed by atoms with van der Waals surface area (Å²) < 4.78 is 41.1. The molecule has 4 rings (SSSR count). The minimum atomic E-state index is -3.09. The van der Waals surface area contributed by atoms with Crippen LogP contribution in [0.25, 0.3) is 0 Å². The van der Waals surface area contributed by atoms with Gasteiger partial charge in [0.15, 0.2) is 0 Å². The second-order valence-corrected chi connectivity index (χ2v) is 14.1. The van der Waals surface area contributed by atoms with Crippen LogP contribution in [0.2, 0.25) is 0 Å². The molecular weight excluding hydrogens is 572 g/mol. The van der Waals surface area contributed by atoms with Crippen LogP contribution in [0, 0.1) is 0 Å². The number of halogens is 2. The number of rotatable bonds is 8. The highest BCUT2D eigenvalue weighted by Gasteiger charge is 2.44. The van der Waals surface area contributed by atoms with Crippen LogP contribution in [0.3, 0.4) is 0 Å². The zero-order chi connectivity index (χ0) is 32.6. The van der Waals surface area contributed by atoms with Gasteiger partial charge in [-0.15, -0.1) is 0 Å². The summed E-state index contributed by atoms with van der Waals surface area (Å²) in [5.74, 6) is -3.45. The third kappa shape index (κ3) is 7.50. The summed E-state index contributed by atoms with van der Waals surface area (Å²) in [7, 11) is 0. The van der Waals surface area contributed by atoms with Gasteiger partial charge in [-0.1, -0.05) is 34.1 Å². The van der Waals surface area contributed by atoms with Gasteiger partial charge in [-0.25, -0.2) is 4.79 Å². The first-order chi connectivity index (χ1) is 20.5. The van der Waals surface area contributed by atoms with Gasteiger partial charge in [0.25, 0.3) is 5.92 Å². The fraction of sp³-hybridized carbons (Fsp3) is 0.750. The molecule has 2 fully saturated rings. The van der Waals surface area contributed by atoms with E-state index >= 15 is 0 Å². The topological polar surface area (TPSA) is 95.5 Å². The second kappa shape index (κ2) is 12.9. The first-order valence-corrected chi connectivity index (χ1v) is 15.8. The van der Waals surface area contributed by atoms with Crippen LogP contribution in [0.5, 0.6) is 0 Å². The number of morpholine rings is 1. The zero-order valence-corrected chi connectivity index (χ0v) is 27.5. The summed E-state index contributed by atoms with van der Waals surface area (Å²) in [6, 6.07) is 0.762. The standard InChI is InChI=1S/C32H49F2N5O5/c1-9-11-32(33,34)26-12-25-24(13-35-26)31(7,8)20-39(25)27(40)18-36-14-21(3)38(29(42)44-30(4,5)6)16-22(36)15-37-17-23(10-2)43-19-28(37)41/h12-13,21-23H,9-11,14-20H2,1-8H3/t21-,22+,23+/m1/s1. The molecule has 0 spiro atoms. The van der Waals surface area contributed by atoms with E-state index in [0.29, 0.717) is 38.3 Å². The molecule has 0 saturated carbocycles. The quantitative estimate of drug-likeness (QED) is 0.421. The van der Waals surface area contributed by atoms with Crippen molar-refractivity contribution < 1.29 is 32.6 Å². The predicted molar refractivity (Wildman–Crippen MR) is 163 cm³/mol. The van der Waals surface area contributed by atoms with Crippen LogP contribution in [0.15, 0.2) is 12.3 Å².